The van der Waals surface area contributed by atoms with Gasteiger partial charge in [-0.15, -0.1) is 11.3 Å². The van der Waals surface area contributed by atoms with Gasteiger partial charge >= 0.3 is 0 Å². The summed E-state index contributed by atoms with van der Waals surface area (Å²) in [5.74, 6) is -0.681. The Morgan fingerprint density at radius 3 is 2.85 bits per heavy atom. The van der Waals surface area contributed by atoms with Crippen LogP contribution in [0.3, 0.4) is 0 Å². The number of carbonyl (C=O) groups excluding carboxylic acids is 2. The summed E-state index contributed by atoms with van der Waals surface area (Å²) < 4.78 is 6.59. The SMILES string of the molecule is O=C(Nc1cccc(C(=O)N2CCOCC2)c1)c1cnc2sccn2c1=O. The van der Waals surface area contributed by atoms with Crippen molar-refractivity contribution in [1.82, 2.24) is 14.3 Å². The number of nitrogens with one attached hydrogen (secondary N) is 1. The average molecular weight is 384 g/mol. The second kappa shape index (κ2) is 7.29. The Labute approximate surface area is 158 Å². The fraction of sp³-hybridized carbons (Fsp3) is 0.222. The summed E-state index contributed by atoms with van der Waals surface area (Å²) in [7, 11) is 0. The molecular formula is C18H16N4O4S. The van der Waals surface area contributed by atoms with Gasteiger partial charge in [0.15, 0.2) is 4.96 Å². The van der Waals surface area contributed by atoms with Gasteiger partial charge in [0.2, 0.25) is 0 Å². The van der Waals surface area contributed by atoms with Crippen molar-refractivity contribution in [3.63, 3.8) is 0 Å². The van der Waals surface area contributed by atoms with Gasteiger partial charge in [-0.3, -0.25) is 18.8 Å². The van der Waals surface area contributed by atoms with Crippen LogP contribution < -0.4 is 10.9 Å². The summed E-state index contributed by atoms with van der Waals surface area (Å²) >= 11 is 1.31. The highest BCUT2D eigenvalue weighted by molar-refractivity contribution is 7.15. The van der Waals surface area contributed by atoms with E-state index in [2.05, 4.69) is 10.3 Å². The summed E-state index contributed by atoms with van der Waals surface area (Å²) in [6, 6.07) is 6.66. The molecule has 1 aromatic carbocycles. The molecule has 0 radical (unpaired) electrons. The van der Waals surface area contributed by atoms with E-state index in [0.29, 0.717) is 42.5 Å². The lowest BCUT2D eigenvalue weighted by Crippen LogP contribution is -2.40. The van der Waals surface area contributed by atoms with E-state index in [0.717, 1.165) is 0 Å². The van der Waals surface area contributed by atoms with Gasteiger partial charge in [-0.2, -0.15) is 0 Å². The molecule has 0 spiro atoms. The molecule has 2 amide bonds. The number of benzene rings is 1. The lowest BCUT2D eigenvalue weighted by atomic mass is 10.1. The van der Waals surface area contributed by atoms with E-state index in [1.807, 2.05) is 0 Å². The van der Waals surface area contributed by atoms with Crippen LogP contribution in [0.4, 0.5) is 5.69 Å². The molecule has 3 aromatic rings. The molecule has 1 fully saturated rings. The first-order chi connectivity index (χ1) is 13.1. The van der Waals surface area contributed by atoms with Crippen LogP contribution in [-0.2, 0) is 4.74 Å². The van der Waals surface area contributed by atoms with Crippen LogP contribution in [0.1, 0.15) is 20.7 Å². The van der Waals surface area contributed by atoms with Gasteiger partial charge < -0.3 is 15.0 Å². The van der Waals surface area contributed by atoms with Gasteiger partial charge in [0, 0.05) is 42.1 Å². The number of ether oxygens (including phenoxy) is 1. The van der Waals surface area contributed by atoms with Gasteiger partial charge in [-0.1, -0.05) is 6.07 Å². The number of aromatic nitrogens is 2. The molecule has 2 aromatic heterocycles. The Balaban J connectivity index is 1.55. The van der Waals surface area contributed by atoms with E-state index >= 15 is 0 Å². The first-order valence-electron chi connectivity index (χ1n) is 8.37. The molecule has 27 heavy (non-hydrogen) atoms. The van der Waals surface area contributed by atoms with Gasteiger partial charge in [0.05, 0.1) is 13.2 Å². The molecular weight excluding hydrogens is 368 g/mol. The minimum absolute atomic E-state index is 0.0594. The van der Waals surface area contributed by atoms with Crippen molar-refractivity contribution in [1.29, 1.82) is 0 Å². The second-order valence-electron chi connectivity index (χ2n) is 5.97. The van der Waals surface area contributed by atoms with Crippen molar-refractivity contribution < 1.29 is 14.3 Å². The Bertz CT molecular complexity index is 1070. The molecule has 4 rings (SSSR count). The smallest absolute Gasteiger partial charge is 0.271 e. The molecule has 1 N–H and O–H groups in total. The number of hydrogen-bond acceptors (Lipinski definition) is 6. The van der Waals surface area contributed by atoms with Gasteiger partial charge in [0.25, 0.3) is 17.4 Å². The Morgan fingerprint density at radius 2 is 2.04 bits per heavy atom. The van der Waals surface area contributed by atoms with Crippen LogP contribution in [-0.4, -0.2) is 52.4 Å². The topological polar surface area (TPSA) is 93.0 Å². The van der Waals surface area contributed by atoms with Crippen LogP contribution in [0.15, 0.2) is 46.8 Å². The molecule has 0 atom stereocenters. The van der Waals surface area contributed by atoms with Gasteiger partial charge in [-0.25, -0.2) is 4.98 Å². The molecule has 0 saturated carbocycles. The number of carbonyl (C=O) groups is 2. The lowest BCUT2D eigenvalue weighted by molar-refractivity contribution is 0.0303. The highest BCUT2D eigenvalue weighted by atomic mass is 32.1. The zero-order chi connectivity index (χ0) is 18.8. The number of nitrogens with zero attached hydrogens (tertiary/aromatic N) is 3. The number of hydrogen-bond donors (Lipinski definition) is 1. The Morgan fingerprint density at radius 1 is 1.22 bits per heavy atom. The minimum Gasteiger partial charge on any atom is -0.378 e. The predicted octanol–water partition coefficient (Wildman–Crippen LogP) is 1.48. The standard InChI is InChI=1S/C18H16N4O4S/c23-15(14-11-19-18-22(17(14)25)6-9-27-18)20-13-3-1-2-12(10-13)16(24)21-4-7-26-8-5-21/h1-3,6,9-11H,4-5,7-8H2,(H,20,23). The third-order valence-electron chi connectivity index (χ3n) is 4.25. The molecule has 0 bridgehead atoms. The van der Waals surface area contributed by atoms with Crippen molar-refractivity contribution >= 4 is 33.8 Å². The predicted molar refractivity (Wildman–Crippen MR) is 100 cm³/mol. The average Bonchev–Trinajstić information content (AvgIpc) is 3.18. The molecule has 1 saturated heterocycles. The molecule has 0 aliphatic carbocycles. The molecule has 1 aliphatic rings. The maximum atomic E-state index is 12.6. The lowest BCUT2D eigenvalue weighted by Gasteiger charge is -2.27. The quantitative estimate of drug-likeness (QED) is 0.738. The van der Waals surface area contributed by atoms with Gasteiger partial charge in [0.1, 0.15) is 5.56 Å². The summed E-state index contributed by atoms with van der Waals surface area (Å²) in [5.41, 5.74) is 0.418. The summed E-state index contributed by atoms with van der Waals surface area (Å²) in [5, 5.41) is 4.40. The summed E-state index contributed by atoms with van der Waals surface area (Å²) in [6.07, 6.45) is 2.85. The zero-order valence-corrected chi connectivity index (χ0v) is 15.1. The second-order valence-corrected chi connectivity index (χ2v) is 6.85. The van der Waals surface area contributed by atoms with Crippen molar-refractivity contribution in [2.24, 2.45) is 0 Å². The highest BCUT2D eigenvalue weighted by Gasteiger charge is 2.19. The minimum atomic E-state index is -0.566. The Kier molecular flexibility index (Phi) is 4.69. The Hall–Kier alpha value is -3.04. The van der Waals surface area contributed by atoms with Crippen molar-refractivity contribution in [2.45, 2.75) is 0 Å². The van der Waals surface area contributed by atoms with Crippen LogP contribution in [0, 0.1) is 0 Å². The van der Waals surface area contributed by atoms with E-state index < -0.39 is 11.5 Å². The van der Waals surface area contributed by atoms with E-state index in [1.165, 1.54) is 21.9 Å². The molecule has 9 heteroatoms. The summed E-state index contributed by atoms with van der Waals surface area (Å²) in [6.45, 7) is 2.12. The summed E-state index contributed by atoms with van der Waals surface area (Å²) in [4.78, 5) is 43.8. The van der Waals surface area contributed by atoms with Crippen LogP contribution in [0.5, 0.6) is 0 Å². The number of anilines is 1. The fourth-order valence-electron chi connectivity index (χ4n) is 2.86. The zero-order valence-electron chi connectivity index (χ0n) is 14.3. The maximum absolute atomic E-state index is 12.6. The normalized spacial score (nSPS) is 14.3. The molecule has 3 heterocycles. The molecule has 0 unspecified atom stereocenters. The number of rotatable bonds is 3. The van der Waals surface area contributed by atoms with Crippen molar-refractivity contribution in [3.8, 4) is 0 Å². The monoisotopic (exact) mass is 384 g/mol. The first kappa shape index (κ1) is 17.4. The molecule has 8 nitrogen and oxygen atoms in total. The van der Waals surface area contributed by atoms with E-state index in [1.54, 1.807) is 40.7 Å². The first-order valence-corrected chi connectivity index (χ1v) is 9.25. The molecule has 1 aliphatic heterocycles. The van der Waals surface area contributed by atoms with Crippen LogP contribution in [0.2, 0.25) is 0 Å². The number of thiazole rings is 1. The van der Waals surface area contributed by atoms with E-state index in [-0.39, 0.29) is 11.5 Å². The molecule has 138 valence electrons. The fourth-order valence-corrected chi connectivity index (χ4v) is 3.53. The van der Waals surface area contributed by atoms with Gasteiger partial charge in [-0.05, 0) is 18.2 Å². The number of amides is 2. The van der Waals surface area contributed by atoms with E-state index in [4.69, 9.17) is 4.74 Å². The third-order valence-corrected chi connectivity index (χ3v) is 5.02. The number of morpholine rings is 1. The largest absolute Gasteiger partial charge is 0.378 e. The van der Waals surface area contributed by atoms with Crippen LogP contribution >= 0.6 is 11.3 Å². The highest BCUT2D eigenvalue weighted by Crippen LogP contribution is 2.15. The number of fused-ring (bicyclic) bond motifs is 1. The van der Waals surface area contributed by atoms with E-state index in [9.17, 15) is 14.4 Å². The van der Waals surface area contributed by atoms with Crippen LogP contribution in [0.25, 0.3) is 4.96 Å². The van der Waals surface area contributed by atoms with Crippen molar-refractivity contribution in [3.05, 3.63) is 63.5 Å². The van der Waals surface area contributed by atoms with Crippen molar-refractivity contribution in [2.75, 3.05) is 31.6 Å². The maximum Gasteiger partial charge on any atom is 0.271 e. The third kappa shape index (κ3) is 3.46.